The third kappa shape index (κ3) is 18.4. The largest absolute Gasteiger partial charge is 0.435 e. The number of ether oxygens (including phenoxy) is 3. The van der Waals surface area contributed by atoms with Crippen LogP contribution in [0.3, 0.4) is 0 Å². The summed E-state index contributed by atoms with van der Waals surface area (Å²) in [5.74, 6) is -5.83. The molecule has 3 amide bonds. The van der Waals surface area contributed by atoms with Gasteiger partial charge in [-0.2, -0.15) is 0 Å². The van der Waals surface area contributed by atoms with E-state index in [0.29, 0.717) is 54.2 Å². The van der Waals surface area contributed by atoms with E-state index in [4.69, 9.17) is 14.2 Å². The average Bonchev–Trinajstić information content (AvgIpc) is 1.64. The standard InChI is InChI=1S/C28H32F2N8O2.C27H30F2N8O2.C26H28F2N8O2/c1-5-36(4)28(39)23-26(35-22-8-7-18(15-31-22)38-11-9-37(6-2)10-12-38)32-16-33-27(23)40-21-14-20(29)25-19(24(21)30)13-17(3)34-25;1-5-36(4)27(38)22-25(34-21-7-6-17(14-30-21)37-10-8-35(3)9-11-37)31-15-32-26(22)39-20-13-19(28)24-18(23(20)29)12-16(2)33-24;1-4-35(3)26(37)21-24(34-20-6-5-16(13-30-20)36-9-7-29-8-10-36)31-14-32-25(21)38-19-12-18(27)23-17(22(19)28)11-15(2)33-23/h7-8,13-16,34H,5-6,9-12H2,1-4H3,(H,31,32,33,35);6-7,12-15,33H,5,8-11H2,1-4H3,(H,30,31,32,34);5-6,11-14,29,33H,4,7-10H2,1-3H3,(H,30,31,32,34). The Morgan fingerprint density at radius 3 is 1.02 bits per heavy atom. The van der Waals surface area contributed by atoms with E-state index in [1.165, 1.54) is 51.9 Å². The molecule has 15 rings (SSSR count). The van der Waals surface area contributed by atoms with Crippen LogP contribution in [0, 0.1) is 55.7 Å². The van der Waals surface area contributed by atoms with Gasteiger partial charge in [0.15, 0.2) is 69.6 Å². The van der Waals surface area contributed by atoms with Gasteiger partial charge in [0, 0.05) is 171 Å². The maximum absolute atomic E-state index is 15.3. The Balaban J connectivity index is 0.000000152. The van der Waals surface area contributed by atoms with Crippen molar-refractivity contribution in [2.24, 2.45) is 0 Å². The van der Waals surface area contributed by atoms with E-state index in [9.17, 15) is 27.6 Å². The van der Waals surface area contributed by atoms with Crippen molar-refractivity contribution >= 4 is 102 Å². The second-order valence-electron chi connectivity index (χ2n) is 28.2. The predicted molar refractivity (Wildman–Crippen MR) is 435 cm³/mol. The molecular formula is C81H90F6N24O6. The number of rotatable bonds is 22. The third-order valence-corrected chi connectivity index (χ3v) is 20.4. The van der Waals surface area contributed by atoms with Crippen LogP contribution in [0.25, 0.3) is 32.7 Å². The van der Waals surface area contributed by atoms with E-state index in [1.54, 1.807) is 78.7 Å². The van der Waals surface area contributed by atoms with Crippen LogP contribution in [0.4, 0.5) is 78.3 Å². The van der Waals surface area contributed by atoms with Gasteiger partial charge in [-0.05, 0) is 110 Å². The molecule has 0 spiro atoms. The lowest BCUT2D eigenvalue weighted by Gasteiger charge is -2.35. The summed E-state index contributed by atoms with van der Waals surface area (Å²) in [5, 5.41) is 12.6. The molecule has 9 aromatic heterocycles. The highest BCUT2D eigenvalue weighted by molar-refractivity contribution is 6.03. The molecule has 3 aliphatic rings. The van der Waals surface area contributed by atoms with Gasteiger partial charge in [0.2, 0.25) is 17.6 Å². The molecule has 3 aliphatic heterocycles. The smallest absolute Gasteiger partial charge is 0.262 e. The first-order valence-electron chi connectivity index (χ1n) is 38.2. The summed E-state index contributed by atoms with van der Waals surface area (Å²) in [5.41, 5.74) is 4.80. The first kappa shape index (κ1) is 82.0. The minimum atomic E-state index is -0.772. The summed E-state index contributed by atoms with van der Waals surface area (Å²) >= 11 is 0. The average molecular weight is 1610 g/mol. The number of carbonyl (C=O) groups is 3. The Hall–Kier alpha value is -13.0. The quantitative estimate of drug-likeness (QED) is 0.0310. The summed E-state index contributed by atoms with van der Waals surface area (Å²) < 4.78 is 107. The number of carbonyl (C=O) groups excluding carboxylic acids is 3. The first-order valence-corrected chi connectivity index (χ1v) is 38.2. The van der Waals surface area contributed by atoms with E-state index in [0.717, 1.165) is 120 Å². The molecule has 0 radical (unpaired) electrons. The molecule has 3 fully saturated rings. The number of nitrogens with one attached hydrogen (secondary N) is 7. The molecular weight excluding hydrogens is 1520 g/mol. The van der Waals surface area contributed by atoms with Crippen molar-refractivity contribution in [1.29, 1.82) is 0 Å². The number of hydrogen-bond acceptors (Lipinski definition) is 24. The molecule has 12 heterocycles. The number of halogens is 6. The number of piperazine rings is 3. The maximum atomic E-state index is 15.3. The van der Waals surface area contributed by atoms with Gasteiger partial charge < -0.3 is 89.6 Å². The summed E-state index contributed by atoms with van der Waals surface area (Å²) in [6.07, 6.45) is 8.84. The summed E-state index contributed by atoms with van der Waals surface area (Å²) in [6, 6.07) is 18.5. The van der Waals surface area contributed by atoms with Gasteiger partial charge in [-0.1, -0.05) is 6.92 Å². The number of aryl methyl sites for hydroxylation is 3. The van der Waals surface area contributed by atoms with Crippen molar-refractivity contribution in [2.45, 2.75) is 48.5 Å². The number of pyridine rings is 3. The van der Waals surface area contributed by atoms with E-state index in [2.05, 4.69) is 120 Å². The van der Waals surface area contributed by atoms with Gasteiger partial charge >= 0.3 is 0 Å². The zero-order chi connectivity index (χ0) is 82.9. The normalized spacial score (nSPS) is 13.9. The van der Waals surface area contributed by atoms with Crippen molar-refractivity contribution in [3.8, 4) is 34.9 Å². The van der Waals surface area contributed by atoms with Crippen LogP contribution < -0.4 is 50.2 Å². The highest BCUT2D eigenvalue weighted by Gasteiger charge is 2.31. The molecule has 12 aromatic rings. The second-order valence-corrected chi connectivity index (χ2v) is 28.2. The third-order valence-electron chi connectivity index (χ3n) is 20.4. The van der Waals surface area contributed by atoms with E-state index >= 15 is 13.2 Å². The lowest BCUT2D eigenvalue weighted by molar-refractivity contribution is 0.0791. The monoisotopic (exact) mass is 1610 g/mol. The fraction of sp³-hybridized carbons (Fsp3) is 0.333. The highest BCUT2D eigenvalue weighted by Crippen LogP contribution is 2.40. The molecule has 0 aliphatic carbocycles. The van der Waals surface area contributed by atoms with Crippen molar-refractivity contribution in [1.82, 2.24) is 89.6 Å². The molecule has 3 aromatic carbocycles. The number of amides is 3. The minimum Gasteiger partial charge on any atom is -0.435 e. The summed E-state index contributed by atoms with van der Waals surface area (Å²) in [6.45, 7) is 26.1. The Morgan fingerprint density at radius 2 is 0.726 bits per heavy atom. The van der Waals surface area contributed by atoms with Gasteiger partial charge in [-0.25, -0.2) is 71.2 Å². The van der Waals surface area contributed by atoms with E-state index in [1.807, 2.05) is 39.0 Å². The number of aromatic amines is 3. The topological polar surface area (TPSA) is 316 Å². The van der Waals surface area contributed by atoms with E-state index < -0.39 is 69.9 Å². The Labute approximate surface area is 670 Å². The van der Waals surface area contributed by atoms with Crippen LogP contribution in [0.15, 0.2) is 110 Å². The number of H-pyrrole nitrogens is 3. The fourth-order valence-electron chi connectivity index (χ4n) is 13.4. The lowest BCUT2D eigenvalue weighted by Crippen LogP contribution is -2.46. The number of fused-ring (bicyclic) bond motifs is 3. The predicted octanol–water partition coefficient (Wildman–Crippen LogP) is 13.0. The van der Waals surface area contributed by atoms with Gasteiger partial charge in [-0.3, -0.25) is 14.4 Å². The molecule has 36 heteroatoms. The van der Waals surface area contributed by atoms with Gasteiger partial charge in [0.25, 0.3) is 17.7 Å². The molecule has 7 N–H and O–H groups in total. The summed E-state index contributed by atoms with van der Waals surface area (Å²) in [4.78, 5) is 103. The Bertz CT molecular complexity index is 5560. The zero-order valence-electron chi connectivity index (χ0n) is 66.5. The number of anilines is 9. The van der Waals surface area contributed by atoms with Crippen molar-refractivity contribution in [3.63, 3.8) is 0 Å². The second kappa shape index (κ2) is 36.2. The molecule has 3 saturated heterocycles. The van der Waals surface area contributed by atoms with Gasteiger partial charge in [-0.15, -0.1) is 0 Å². The van der Waals surface area contributed by atoms with Crippen LogP contribution in [0.5, 0.6) is 34.9 Å². The molecule has 0 unspecified atom stereocenters. The van der Waals surface area contributed by atoms with E-state index in [-0.39, 0.29) is 84.5 Å². The van der Waals surface area contributed by atoms with Gasteiger partial charge in [0.05, 0.1) is 52.2 Å². The van der Waals surface area contributed by atoms with Crippen LogP contribution in [-0.2, 0) is 0 Å². The molecule has 30 nitrogen and oxygen atoms in total. The van der Waals surface area contributed by atoms with Crippen LogP contribution in [0.2, 0.25) is 0 Å². The number of nitrogens with zero attached hydrogens (tertiary/aromatic N) is 17. The maximum Gasteiger partial charge on any atom is 0.262 e. The SMILES string of the molecule is CCN(C)C(=O)c1c(Nc2ccc(N3CCN(C)CC3)cn2)ncnc1Oc1cc(F)c2[nH]c(C)cc2c1F.CCN(C)C(=O)c1c(Nc2ccc(N3CCNCC3)cn2)ncnc1Oc1cc(F)c2[nH]c(C)cc2c1F.CCN1CCN(c2ccc(Nc3ncnc(Oc4cc(F)c5[nH]c(C)cc5c4F)c3C(=O)N(C)CC)nc2)CC1. The number of hydrogen-bond donors (Lipinski definition) is 7. The molecule has 0 saturated carbocycles. The molecule has 612 valence electrons. The summed E-state index contributed by atoms with van der Waals surface area (Å²) in [7, 11) is 6.93. The van der Waals surface area contributed by atoms with Crippen LogP contribution >= 0.6 is 0 Å². The molecule has 117 heavy (non-hydrogen) atoms. The number of benzene rings is 3. The van der Waals surface area contributed by atoms with Crippen LogP contribution in [-0.4, -0.2) is 235 Å². The van der Waals surface area contributed by atoms with Gasteiger partial charge in [0.1, 0.15) is 53.1 Å². The first-order chi connectivity index (χ1) is 56.4. The molecule has 0 atom stereocenters. The highest BCUT2D eigenvalue weighted by atomic mass is 19.1. The fourth-order valence-corrected chi connectivity index (χ4v) is 13.4. The Morgan fingerprint density at radius 1 is 0.419 bits per heavy atom. The number of likely N-dealkylation sites (N-methyl/N-ethyl adjacent to an activating group) is 2. The Kier molecular flexibility index (Phi) is 25.4. The number of aromatic nitrogens is 12. The molecule has 0 bridgehead atoms. The lowest BCUT2D eigenvalue weighted by atomic mass is 10.2. The van der Waals surface area contributed by atoms with Crippen molar-refractivity contribution < 1.29 is 54.9 Å². The minimum absolute atomic E-state index is 0.0291. The zero-order valence-corrected chi connectivity index (χ0v) is 66.5. The van der Waals surface area contributed by atoms with Crippen molar-refractivity contribution in [3.05, 3.63) is 179 Å². The van der Waals surface area contributed by atoms with Crippen LogP contribution in [0.1, 0.15) is 75.9 Å². The van der Waals surface area contributed by atoms with Crippen molar-refractivity contribution in [2.75, 3.05) is 164 Å².